The number of hydrogen-bond donors (Lipinski definition) is 0. The minimum absolute atomic E-state index is 0.0232. The lowest BCUT2D eigenvalue weighted by atomic mass is 10.2. The first-order chi connectivity index (χ1) is 15.2. The highest BCUT2D eigenvalue weighted by atomic mass is 32.2. The lowest BCUT2D eigenvalue weighted by molar-refractivity contribution is 0.0768. The molecule has 0 aliphatic heterocycles. The van der Waals surface area contributed by atoms with Crippen LogP contribution in [0.1, 0.15) is 29.3 Å². The quantitative estimate of drug-likeness (QED) is 0.366. The van der Waals surface area contributed by atoms with Crippen LogP contribution in [0.2, 0.25) is 0 Å². The molecule has 1 aromatic carbocycles. The first-order valence-corrected chi connectivity index (χ1v) is 11.9. The van der Waals surface area contributed by atoms with E-state index in [9.17, 15) is 4.79 Å². The normalized spacial score (nSPS) is 10.9. The fourth-order valence-electron chi connectivity index (χ4n) is 3.14. The Kier molecular flexibility index (Phi) is 6.73. The highest BCUT2D eigenvalue weighted by Crippen LogP contribution is 2.30. The Hall–Kier alpha value is -3.04. The van der Waals surface area contributed by atoms with Crippen LogP contribution in [-0.2, 0) is 5.75 Å². The fourth-order valence-corrected chi connectivity index (χ4v) is 4.87. The number of aromatic nitrogens is 5. The molecule has 3 aromatic heterocycles. The number of pyridine rings is 1. The molecule has 0 N–H and O–H groups in total. The van der Waals surface area contributed by atoms with Gasteiger partial charge in [-0.15, -0.1) is 21.5 Å². The molecule has 4 aromatic rings. The van der Waals surface area contributed by atoms with Crippen LogP contribution in [0.5, 0.6) is 0 Å². The van der Waals surface area contributed by atoms with E-state index in [1.165, 1.54) is 11.3 Å². The second-order valence-corrected chi connectivity index (χ2v) is 8.49. The highest BCUT2D eigenvalue weighted by Gasteiger charge is 2.19. The van der Waals surface area contributed by atoms with Gasteiger partial charge in [0.25, 0.3) is 5.91 Å². The molecule has 4 rings (SSSR count). The second kappa shape index (κ2) is 9.84. The third kappa shape index (κ3) is 4.67. The number of carbonyl (C=O) groups excluding carboxylic acids is 1. The van der Waals surface area contributed by atoms with E-state index in [1.54, 1.807) is 29.1 Å². The van der Waals surface area contributed by atoms with E-state index in [0.717, 1.165) is 27.2 Å². The van der Waals surface area contributed by atoms with Gasteiger partial charge in [0.2, 0.25) is 0 Å². The topological polar surface area (TPSA) is 76.8 Å². The van der Waals surface area contributed by atoms with Crippen LogP contribution in [0.3, 0.4) is 0 Å². The third-order valence-corrected chi connectivity index (χ3v) is 6.70. The van der Waals surface area contributed by atoms with Gasteiger partial charge in [0.1, 0.15) is 10.7 Å². The summed E-state index contributed by atoms with van der Waals surface area (Å²) in [6.45, 7) is 5.30. The maximum Gasteiger partial charge on any atom is 0.273 e. The van der Waals surface area contributed by atoms with Crippen molar-refractivity contribution in [1.82, 2.24) is 29.6 Å². The number of carbonyl (C=O) groups is 1. The zero-order valence-electron chi connectivity index (χ0n) is 17.3. The van der Waals surface area contributed by atoms with Crippen LogP contribution in [0.4, 0.5) is 0 Å². The average Bonchev–Trinajstić information content (AvgIpc) is 3.47. The Morgan fingerprint density at radius 3 is 2.52 bits per heavy atom. The standard InChI is InChI=1S/C22H22N6OS2/c1-3-27(4-2)21(29)18-14-30-19(24-18)15-31-22-26-25-20(16-10-12-23-13-11-16)28(22)17-8-6-5-7-9-17/h5-14H,3-4,15H2,1-2H3. The van der Waals surface area contributed by atoms with Gasteiger partial charge >= 0.3 is 0 Å². The van der Waals surface area contributed by atoms with Crippen LogP contribution in [0.15, 0.2) is 65.4 Å². The smallest absolute Gasteiger partial charge is 0.273 e. The number of hydrogen-bond acceptors (Lipinski definition) is 7. The molecule has 3 heterocycles. The summed E-state index contributed by atoms with van der Waals surface area (Å²) in [6, 6.07) is 13.9. The maximum atomic E-state index is 12.5. The number of amides is 1. The van der Waals surface area contributed by atoms with Gasteiger partial charge in [-0.2, -0.15) is 0 Å². The van der Waals surface area contributed by atoms with Gasteiger partial charge < -0.3 is 4.90 Å². The molecule has 0 saturated heterocycles. The summed E-state index contributed by atoms with van der Waals surface area (Å²) in [5, 5.41) is 12.4. The number of thiazole rings is 1. The van der Waals surface area contributed by atoms with Crippen LogP contribution >= 0.6 is 23.1 Å². The Morgan fingerprint density at radius 2 is 1.81 bits per heavy atom. The zero-order valence-corrected chi connectivity index (χ0v) is 18.9. The molecule has 158 valence electrons. The summed E-state index contributed by atoms with van der Waals surface area (Å²) in [5.74, 6) is 1.34. The molecule has 0 unspecified atom stereocenters. The van der Waals surface area contributed by atoms with Crippen LogP contribution in [0, 0.1) is 0 Å². The minimum atomic E-state index is -0.0232. The molecular weight excluding hydrogens is 428 g/mol. The van der Waals surface area contributed by atoms with Crippen molar-refractivity contribution < 1.29 is 4.79 Å². The van der Waals surface area contributed by atoms with E-state index in [2.05, 4.69) is 20.2 Å². The Bertz CT molecular complexity index is 1140. The summed E-state index contributed by atoms with van der Waals surface area (Å²) in [6.07, 6.45) is 3.49. The first kappa shape index (κ1) is 21.2. The predicted molar refractivity (Wildman–Crippen MR) is 124 cm³/mol. The maximum absolute atomic E-state index is 12.5. The molecule has 0 radical (unpaired) electrons. The second-order valence-electron chi connectivity index (χ2n) is 6.61. The van der Waals surface area contributed by atoms with E-state index >= 15 is 0 Å². The lowest BCUT2D eigenvalue weighted by Gasteiger charge is -2.16. The average molecular weight is 451 g/mol. The molecular formula is C22H22N6OS2. The molecule has 0 bridgehead atoms. The number of rotatable bonds is 8. The first-order valence-electron chi connectivity index (χ1n) is 9.99. The predicted octanol–water partition coefficient (Wildman–Crippen LogP) is 4.56. The van der Waals surface area contributed by atoms with Gasteiger partial charge in [0.05, 0.1) is 5.75 Å². The molecule has 7 nitrogen and oxygen atoms in total. The van der Waals surface area contributed by atoms with E-state index in [-0.39, 0.29) is 5.91 Å². The van der Waals surface area contributed by atoms with E-state index < -0.39 is 0 Å². The summed E-state index contributed by atoms with van der Waals surface area (Å²) in [4.78, 5) is 22.9. The summed E-state index contributed by atoms with van der Waals surface area (Å²) >= 11 is 3.05. The molecule has 0 atom stereocenters. The summed E-state index contributed by atoms with van der Waals surface area (Å²) < 4.78 is 2.04. The number of thioether (sulfide) groups is 1. The van der Waals surface area contributed by atoms with Crippen LogP contribution in [-0.4, -0.2) is 48.6 Å². The SMILES string of the molecule is CCN(CC)C(=O)c1csc(CSc2nnc(-c3ccncc3)n2-c2ccccc2)n1. The van der Waals surface area contributed by atoms with Crippen LogP contribution < -0.4 is 0 Å². The number of nitrogens with zero attached hydrogens (tertiary/aromatic N) is 6. The fraction of sp³-hybridized carbons (Fsp3) is 0.227. The largest absolute Gasteiger partial charge is 0.338 e. The van der Waals surface area contributed by atoms with Gasteiger partial charge in [0.15, 0.2) is 11.0 Å². The Morgan fingerprint density at radius 1 is 1.06 bits per heavy atom. The van der Waals surface area contributed by atoms with Crippen molar-refractivity contribution in [3.63, 3.8) is 0 Å². The van der Waals surface area contributed by atoms with Crippen molar-refractivity contribution in [1.29, 1.82) is 0 Å². The van der Waals surface area contributed by atoms with Crippen LogP contribution in [0.25, 0.3) is 17.1 Å². The minimum Gasteiger partial charge on any atom is -0.338 e. The van der Waals surface area contributed by atoms with Crippen molar-refractivity contribution in [2.45, 2.75) is 24.8 Å². The number of para-hydroxylation sites is 1. The van der Waals surface area contributed by atoms with Gasteiger partial charge in [-0.3, -0.25) is 14.3 Å². The molecule has 1 amide bonds. The van der Waals surface area contributed by atoms with E-state index in [1.807, 2.05) is 66.3 Å². The zero-order chi connectivity index (χ0) is 21.6. The summed E-state index contributed by atoms with van der Waals surface area (Å²) in [7, 11) is 0. The molecule has 31 heavy (non-hydrogen) atoms. The summed E-state index contributed by atoms with van der Waals surface area (Å²) in [5.41, 5.74) is 2.43. The molecule has 0 aliphatic carbocycles. The van der Waals surface area contributed by atoms with Gasteiger partial charge in [-0.1, -0.05) is 30.0 Å². The molecule has 0 fully saturated rings. The lowest BCUT2D eigenvalue weighted by Crippen LogP contribution is -2.30. The molecule has 0 spiro atoms. The van der Waals surface area contributed by atoms with Crippen molar-refractivity contribution in [3.05, 3.63) is 70.9 Å². The van der Waals surface area contributed by atoms with Crippen molar-refractivity contribution >= 4 is 29.0 Å². The molecule has 0 aliphatic rings. The molecule has 9 heteroatoms. The van der Waals surface area contributed by atoms with Gasteiger partial charge in [0, 0.05) is 42.1 Å². The Balaban J connectivity index is 1.59. The van der Waals surface area contributed by atoms with Gasteiger partial charge in [-0.05, 0) is 38.1 Å². The van der Waals surface area contributed by atoms with E-state index in [0.29, 0.717) is 24.5 Å². The van der Waals surface area contributed by atoms with Crippen molar-refractivity contribution in [2.24, 2.45) is 0 Å². The number of benzene rings is 1. The monoisotopic (exact) mass is 450 g/mol. The molecule has 0 saturated carbocycles. The van der Waals surface area contributed by atoms with Gasteiger partial charge in [-0.25, -0.2) is 4.98 Å². The van der Waals surface area contributed by atoms with Crippen molar-refractivity contribution in [3.8, 4) is 17.1 Å². The van der Waals surface area contributed by atoms with Crippen molar-refractivity contribution in [2.75, 3.05) is 13.1 Å². The Labute approximate surface area is 189 Å². The highest BCUT2D eigenvalue weighted by molar-refractivity contribution is 7.98. The third-order valence-electron chi connectivity index (χ3n) is 4.73. The van der Waals surface area contributed by atoms with E-state index in [4.69, 9.17) is 0 Å².